The van der Waals surface area contributed by atoms with Crippen molar-refractivity contribution in [1.82, 2.24) is 4.90 Å². The molecule has 0 aliphatic carbocycles. The molecule has 96 valence electrons. The lowest BCUT2D eigenvalue weighted by Crippen LogP contribution is -2.59. The van der Waals surface area contributed by atoms with Gasteiger partial charge < -0.3 is 10.5 Å². The molecule has 0 bridgehead atoms. The number of ether oxygens (including phenoxy) is 1. The Morgan fingerprint density at radius 1 is 1.44 bits per heavy atom. The van der Waals surface area contributed by atoms with Crippen LogP contribution in [0.3, 0.4) is 0 Å². The van der Waals surface area contributed by atoms with Crippen LogP contribution >= 0.6 is 0 Å². The highest BCUT2D eigenvalue weighted by atomic mass is 16.5. The molecule has 1 fully saturated rings. The van der Waals surface area contributed by atoms with Crippen LogP contribution < -0.4 is 5.73 Å². The molecule has 2 N–H and O–H groups in total. The van der Waals surface area contributed by atoms with Crippen molar-refractivity contribution in [3.8, 4) is 0 Å². The van der Waals surface area contributed by atoms with Gasteiger partial charge in [-0.1, -0.05) is 20.8 Å². The van der Waals surface area contributed by atoms with Crippen LogP contribution in [0.2, 0.25) is 0 Å². The third-order valence-corrected chi connectivity index (χ3v) is 3.26. The number of morpholine rings is 1. The third-order valence-electron chi connectivity index (χ3n) is 3.26. The van der Waals surface area contributed by atoms with Crippen molar-refractivity contribution < 1.29 is 4.74 Å². The van der Waals surface area contributed by atoms with E-state index in [1.807, 2.05) is 0 Å². The Balaban J connectivity index is 2.78. The molecule has 1 aliphatic rings. The predicted molar refractivity (Wildman–Crippen MR) is 68.5 cm³/mol. The lowest BCUT2D eigenvalue weighted by atomic mass is 9.84. The summed E-state index contributed by atoms with van der Waals surface area (Å²) < 4.78 is 5.93. The summed E-state index contributed by atoms with van der Waals surface area (Å²) in [6.45, 7) is 15.9. The van der Waals surface area contributed by atoms with Gasteiger partial charge >= 0.3 is 0 Å². The van der Waals surface area contributed by atoms with Crippen molar-refractivity contribution >= 4 is 0 Å². The van der Waals surface area contributed by atoms with Crippen molar-refractivity contribution in [1.29, 1.82) is 0 Å². The summed E-state index contributed by atoms with van der Waals surface area (Å²) >= 11 is 0. The summed E-state index contributed by atoms with van der Waals surface area (Å²) in [5.74, 6) is 0. The van der Waals surface area contributed by atoms with Crippen molar-refractivity contribution in [2.45, 2.75) is 59.3 Å². The van der Waals surface area contributed by atoms with E-state index in [0.717, 1.165) is 13.1 Å². The molecule has 16 heavy (non-hydrogen) atoms. The fourth-order valence-corrected chi connectivity index (χ4v) is 2.79. The Kier molecular flexibility index (Phi) is 4.04. The van der Waals surface area contributed by atoms with Gasteiger partial charge in [-0.3, -0.25) is 4.90 Å². The van der Waals surface area contributed by atoms with Gasteiger partial charge in [-0.25, -0.2) is 0 Å². The average Bonchev–Trinajstić information content (AvgIpc) is 1.97. The Bertz CT molecular complexity index is 229. The first-order valence-electron chi connectivity index (χ1n) is 6.27. The second kappa shape index (κ2) is 4.63. The van der Waals surface area contributed by atoms with Gasteiger partial charge in [0.2, 0.25) is 0 Å². The van der Waals surface area contributed by atoms with Gasteiger partial charge in [-0.05, 0) is 26.2 Å². The van der Waals surface area contributed by atoms with E-state index in [2.05, 4.69) is 46.4 Å². The Morgan fingerprint density at radius 2 is 2.00 bits per heavy atom. The van der Waals surface area contributed by atoms with E-state index in [4.69, 9.17) is 10.5 Å². The second-order valence-corrected chi connectivity index (χ2v) is 6.74. The average molecular weight is 228 g/mol. The highest BCUT2D eigenvalue weighted by Crippen LogP contribution is 2.29. The van der Waals surface area contributed by atoms with Crippen LogP contribution in [0.5, 0.6) is 0 Å². The Labute approximate surface area is 100 Å². The van der Waals surface area contributed by atoms with Crippen LogP contribution in [0.15, 0.2) is 0 Å². The van der Waals surface area contributed by atoms with Crippen LogP contribution in [0.4, 0.5) is 0 Å². The zero-order valence-corrected chi connectivity index (χ0v) is 11.7. The second-order valence-electron chi connectivity index (χ2n) is 6.74. The first-order valence-corrected chi connectivity index (χ1v) is 6.27. The van der Waals surface area contributed by atoms with Crippen molar-refractivity contribution in [2.75, 3.05) is 19.6 Å². The zero-order valence-electron chi connectivity index (χ0n) is 11.7. The van der Waals surface area contributed by atoms with E-state index >= 15 is 0 Å². The highest BCUT2D eigenvalue weighted by Gasteiger charge is 2.38. The fourth-order valence-electron chi connectivity index (χ4n) is 2.79. The summed E-state index contributed by atoms with van der Waals surface area (Å²) in [6.07, 6.45) is 0.292. The van der Waals surface area contributed by atoms with Crippen molar-refractivity contribution in [2.24, 2.45) is 11.1 Å². The summed E-state index contributed by atoms with van der Waals surface area (Å²) in [5, 5.41) is 0. The number of rotatable bonds is 2. The molecule has 0 radical (unpaired) electrons. The molecule has 0 spiro atoms. The topological polar surface area (TPSA) is 38.5 Å². The van der Waals surface area contributed by atoms with Crippen LogP contribution in [0.1, 0.15) is 41.5 Å². The minimum Gasteiger partial charge on any atom is -0.370 e. The molecule has 1 heterocycles. The van der Waals surface area contributed by atoms with Crippen LogP contribution in [-0.4, -0.2) is 42.3 Å². The van der Waals surface area contributed by atoms with Crippen LogP contribution in [-0.2, 0) is 4.74 Å². The zero-order chi connectivity index (χ0) is 12.6. The summed E-state index contributed by atoms with van der Waals surface area (Å²) in [7, 11) is 0. The lowest BCUT2D eigenvalue weighted by Gasteiger charge is -2.48. The summed E-state index contributed by atoms with van der Waals surface area (Å²) in [4.78, 5) is 2.49. The van der Waals surface area contributed by atoms with E-state index in [9.17, 15) is 0 Å². The SMILES string of the molecule is CC1CN(C(CN)C(C)(C)C)CC(C)(C)O1. The maximum absolute atomic E-state index is 5.94. The van der Waals surface area contributed by atoms with Gasteiger partial charge in [0, 0.05) is 25.7 Å². The smallest absolute Gasteiger partial charge is 0.0757 e. The maximum atomic E-state index is 5.94. The standard InChI is InChI=1S/C13H28N2O/c1-10-8-15(9-13(5,6)16-10)11(7-14)12(2,3)4/h10-11H,7-9,14H2,1-6H3. The summed E-state index contributed by atoms with van der Waals surface area (Å²) in [6, 6.07) is 0.429. The molecule has 1 aliphatic heterocycles. The largest absolute Gasteiger partial charge is 0.370 e. The fraction of sp³-hybridized carbons (Fsp3) is 1.00. The summed E-state index contributed by atoms with van der Waals surface area (Å²) in [5.41, 5.74) is 6.11. The molecule has 0 aromatic carbocycles. The van der Waals surface area contributed by atoms with Crippen molar-refractivity contribution in [3.05, 3.63) is 0 Å². The number of nitrogens with two attached hydrogens (primary N) is 1. The first-order chi connectivity index (χ1) is 7.15. The van der Waals surface area contributed by atoms with Crippen LogP contribution in [0.25, 0.3) is 0 Å². The highest BCUT2D eigenvalue weighted by molar-refractivity contribution is 4.91. The predicted octanol–water partition coefficient (Wildman–Crippen LogP) is 1.86. The molecular weight excluding hydrogens is 200 g/mol. The molecule has 0 aromatic heterocycles. The minimum atomic E-state index is -0.0592. The van der Waals surface area contributed by atoms with E-state index in [1.165, 1.54) is 0 Å². The molecule has 0 aromatic rings. The third kappa shape index (κ3) is 3.44. The lowest BCUT2D eigenvalue weighted by molar-refractivity contribution is -0.145. The van der Waals surface area contributed by atoms with Gasteiger partial charge in [0.1, 0.15) is 0 Å². The number of hydrogen-bond acceptors (Lipinski definition) is 3. The molecule has 1 saturated heterocycles. The van der Waals surface area contributed by atoms with Crippen LogP contribution in [0, 0.1) is 5.41 Å². The van der Waals surface area contributed by atoms with Gasteiger partial charge in [0.25, 0.3) is 0 Å². The number of nitrogens with zero attached hydrogens (tertiary/aromatic N) is 1. The number of hydrogen-bond donors (Lipinski definition) is 1. The van der Waals surface area contributed by atoms with E-state index in [0.29, 0.717) is 18.7 Å². The Hall–Kier alpha value is -0.120. The quantitative estimate of drug-likeness (QED) is 0.784. The molecule has 0 amide bonds. The first kappa shape index (κ1) is 13.9. The molecule has 0 saturated carbocycles. The molecule has 3 nitrogen and oxygen atoms in total. The van der Waals surface area contributed by atoms with E-state index in [1.54, 1.807) is 0 Å². The molecule has 3 heteroatoms. The van der Waals surface area contributed by atoms with Gasteiger partial charge in [0.05, 0.1) is 11.7 Å². The van der Waals surface area contributed by atoms with Gasteiger partial charge in [0.15, 0.2) is 0 Å². The monoisotopic (exact) mass is 228 g/mol. The molecular formula is C13H28N2O. The van der Waals surface area contributed by atoms with Crippen molar-refractivity contribution in [3.63, 3.8) is 0 Å². The van der Waals surface area contributed by atoms with Gasteiger partial charge in [-0.15, -0.1) is 0 Å². The van der Waals surface area contributed by atoms with E-state index < -0.39 is 0 Å². The Morgan fingerprint density at radius 3 is 2.38 bits per heavy atom. The maximum Gasteiger partial charge on any atom is 0.0757 e. The van der Waals surface area contributed by atoms with E-state index in [-0.39, 0.29) is 11.0 Å². The van der Waals surface area contributed by atoms with Gasteiger partial charge in [-0.2, -0.15) is 0 Å². The molecule has 2 atom stereocenters. The minimum absolute atomic E-state index is 0.0592. The normalized spacial score (nSPS) is 29.1. The molecule has 2 unspecified atom stereocenters. The molecule has 1 rings (SSSR count).